The van der Waals surface area contributed by atoms with Gasteiger partial charge in [-0.25, -0.2) is 12.8 Å². The standard InChI is InChI=1S/C11H14BrFN2O2S.ClH/c12-9-1-2-10(13)11(5-9)18(16,17)15-4-3-8(6-14)7-15;/h1-2,5,8H,3-4,6-7,14H2;1H. The molecule has 0 saturated carbocycles. The van der Waals surface area contributed by atoms with Gasteiger partial charge in [-0.05, 0) is 37.1 Å². The zero-order valence-electron chi connectivity index (χ0n) is 10.1. The maximum atomic E-state index is 13.6. The molecule has 0 aliphatic carbocycles. The number of hydrogen-bond donors (Lipinski definition) is 1. The first kappa shape index (κ1) is 16.8. The van der Waals surface area contributed by atoms with Crippen LogP contribution in [0.2, 0.25) is 0 Å². The molecule has 1 unspecified atom stereocenters. The molecule has 2 N–H and O–H groups in total. The SMILES string of the molecule is Cl.NCC1CCN(S(=O)(=O)c2cc(Br)ccc2F)C1. The predicted octanol–water partition coefficient (Wildman–Crippen LogP) is 1.98. The van der Waals surface area contributed by atoms with Gasteiger partial charge in [0.2, 0.25) is 10.0 Å². The van der Waals surface area contributed by atoms with E-state index in [2.05, 4.69) is 15.9 Å². The van der Waals surface area contributed by atoms with E-state index in [1.807, 2.05) is 0 Å². The predicted molar refractivity (Wildman–Crippen MR) is 77.3 cm³/mol. The Labute approximate surface area is 126 Å². The summed E-state index contributed by atoms with van der Waals surface area (Å²) >= 11 is 3.15. The Morgan fingerprint density at radius 1 is 1.47 bits per heavy atom. The second-order valence-corrected chi connectivity index (χ2v) is 7.15. The average molecular weight is 374 g/mol. The number of nitrogens with two attached hydrogens (primary N) is 1. The minimum absolute atomic E-state index is 0. The third-order valence-corrected chi connectivity index (χ3v) is 5.47. The van der Waals surface area contributed by atoms with Crippen molar-refractivity contribution in [1.82, 2.24) is 4.31 Å². The summed E-state index contributed by atoms with van der Waals surface area (Å²) < 4.78 is 40.1. The Kier molecular flexibility index (Phi) is 5.76. The molecular weight excluding hydrogens is 359 g/mol. The lowest BCUT2D eigenvalue weighted by Crippen LogP contribution is -2.30. The van der Waals surface area contributed by atoms with Crippen LogP contribution in [0.3, 0.4) is 0 Å². The molecule has 0 radical (unpaired) electrons. The molecule has 8 heteroatoms. The van der Waals surface area contributed by atoms with Crippen LogP contribution in [0.1, 0.15) is 6.42 Å². The van der Waals surface area contributed by atoms with Crippen LogP contribution < -0.4 is 5.73 Å². The van der Waals surface area contributed by atoms with Crippen molar-refractivity contribution in [2.75, 3.05) is 19.6 Å². The summed E-state index contributed by atoms with van der Waals surface area (Å²) in [6.07, 6.45) is 0.728. The maximum Gasteiger partial charge on any atom is 0.246 e. The van der Waals surface area contributed by atoms with Gasteiger partial charge in [-0.2, -0.15) is 4.31 Å². The van der Waals surface area contributed by atoms with Crippen molar-refractivity contribution in [3.8, 4) is 0 Å². The molecule has 1 fully saturated rings. The lowest BCUT2D eigenvalue weighted by Gasteiger charge is -2.17. The van der Waals surface area contributed by atoms with E-state index < -0.39 is 15.8 Å². The van der Waals surface area contributed by atoms with Crippen molar-refractivity contribution in [2.24, 2.45) is 11.7 Å². The minimum Gasteiger partial charge on any atom is -0.330 e. The highest BCUT2D eigenvalue weighted by atomic mass is 79.9. The van der Waals surface area contributed by atoms with E-state index >= 15 is 0 Å². The van der Waals surface area contributed by atoms with Crippen LogP contribution in [0.25, 0.3) is 0 Å². The van der Waals surface area contributed by atoms with Gasteiger partial charge in [-0.3, -0.25) is 0 Å². The molecule has 1 heterocycles. The molecule has 1 saturated heterocycles. The van der Waals surface area contributed by atoms with Crippen LogP contribution in [0.4, 0.5) is 4.39 Å². The minimum atomic E-state index is -3.76. The molecule has 1 atom stereocenters. The van der Waals surface area contributed by atoms with Gasteiger partial charge in [0.1, 0.15) is 10.7 Å². The van der Waals surface area contributed by atoms with Crippen LogP contribution in [0, 0.1) is 11.7 Å². The third-order valence-electron chi connectivity index (χ3n) is 3.09. The van der Waals surface area contributed by atoms with Crippen LogP contribution in [0.15, 0.2) is 27.6 Å². The number of benzene rings is 1. The summed E-state index contributed by atoms with van der Waals surface area (Å²) in [5.41, 5.74) is 5.53. The number of rotatable bonds is 3. The van der Waals surface area contributed by atoms with E-state index in [4.69, 9.17) is 5.73 Å². The van der Waals surface area contributed by atoms with Gasteiger partial charge in [0.15, 0.2) is 0 Å². The zero-order valence-corrected chi connectivity index (χ0v) is 13.3. The molecule has 1 aliphatic rings. The fourth-order valence-corrected chi connectivity index (χ4v) is 4.16. The quantitative estimate of drug-likeness (QED) is 0.881. The summed E-state index contributed by atoms with van der Waals surface area (Å²) in [4.78, 5) is -0.283. The van der Waals surface area contributed by atoms with E-state index in [0.29, 0.717) is 24.1 Å². The van der Waals surface area contributed by atoms with Crippen molar-refractivity contribution >= 4 is 38.4 Å². The van der Waals surface area contributed by atoms with Gasteiger partial charge < -0.3 is 5.73 Å². The van der Waals surface area contributed by atoms with Crippen LogP contribution in [-0.2, 0) is 10.0 Å². The van der Waals surface area contributed by atoms with Gasteiger partial charge in [-0.15, -0.1) is 12.4 Å². The van der Waals surface area contributed by atoms with Gasteiger partial charge in [-0.1, -0.05) is 15.9 Å². The van der Waals surface area contributed by atoms with Crippen molar-refractivity contribution < 1.29 is 12.8 Å². The smallest absolute Gasteiger partial charge is 0.246 e. The lowest BCUT2D eigenvalue weighted by atomic mass is 10.1. The Balaban J connectivity index is 0.00000180. The van der Waals surface area contributed by atoms with Gasteiger partial charge >= 0.3 is 0 Å². The number of hydrogen-bond acceptors (Lipinski definition) is 3. The topological polar surface area (TPSA) is 63.4 Å². The highest BCUT2D eigenvalue weighted by molar-refractivity contribution is 9.10. The highest BCUT2D eigenvalue weighted by Crippen LogP contribution is 2.27. The fourth-order valence-electron chi connectivity index (χ4n) is 2.02. The molecule has 0 bridgehead atoms. The molecule has 0 amide bonds. The Morgan fingerprint density at radius 2 is 2.16 bits per heavy atom. The zero-order chi connectivity index (χ0) is 13.3. The van der Waals surface area contributed by atoms with Crippen LogP contribution in [-0.4, -0.2) is 32.4 Å². The normalized spacial score (nSPS) is 20.3. The van der Waals surface area contributed by atoms with Crippen molar-refractivity contribution in [3.63, 3.8) is 0 Å². The van der Waals surface area contributed by atoms with E-state index in [0.717, 1.165) is 12.5 Å². The molecule has 2 rings (SSSR count). The van der Waals surface area contributed by atoms with Gasteiger partial charge in [0, 0.05) is 17.6 Å². The van der Waals surface area contributed by atoms with E-state index in [9.17, 15) is 12.8 Å². The number of nitrogens with zero attached hydrogens (tertiary/aromatic N) is 1. The second kappa shape index (κ2) is 6.49. The maximum absolute atomic E-state index is 13.6. The summed E-state index contributed by atoms with van der Waals surface area (Å²) in [5, 5.41) is 0. The van der Waals surface area contributed by atoms with Gasteiger partial charge in [0.25, 0.3) is 0 Å². The number of halogens is 3. The molecule has 19 heavy (non-hydrogen) atoms. The van der Waals surface area contributed by atoms with Crippen LogP contribution >= 0.6 is 28.3 Å². The molecule has 1 aliphatic heterocycles. The second-order valence-electron chi connectivity index (χ2n) is 4.33. The Bertz CT molecular complexity index is 556. The Hall–Kier alpha value is -0.210. The van der Waals surface area contributed by atoms with E-state index in [-0.39, 0.29) is 23.2 Å². The largest absolute Gasteiger partial charge is 0.330 e. The summed E-state index contributed by atoms with van der Waals surface area (Å²) in [7, 11) is -3.76. The molecule has 108 valence electrons. The Morgan fingerprint density at radius 3 is 2.74 bits per heavy atom. The van der Waals surface area contributed by atoms with E-state index in [1.165, 1.54) is 16.4 Å². The summed E-state index contributed by atoms with van der Waals surface area (Å²) in [6.45, 7) is 1.22. The van der Waals surface area contributed by atoms with Crippen LogP contribution in [0.5, 0.6) is 0 Å². The third kappa shape index (κ3) is 3.46. The first-order valence-corrected chi connectivity index (χ1v) is 7.83. The molecule has 0 spiro atoms. The molecule has 1 aromatic carbocycles. The monoisotopic (exact) mass is 372 g/mol. The molecule has 1 aromatic rings. The summed E-state index contributed by atoms with van der Waals surface area (Å²) in [5.74, 6) is -0.565. The van der Waals surface area contributed by atoms with Crippen molar-refractivity contribution in [2.45, 2.75) is 11.3 Å². The van der Waals surface area contributed by atoms with Gasteiger partial charge in [0.05, 0.1) is 0 Å². The molecule has 4 nitrogen and oxygen atoms in total. The van der Waals surface area contributed by atoms with Crippen molar-refractivity contribution in [3.05, 3.63) is 28.5 Å². The molecular formula is C11H15BrClFN2O2S. The first-order valence-electron chi connectivity index (χ1n) is 5.60. The fraction of sp³-hybridized carbons (Fsp3) is 0.455. The molecule has 0 aromatic heterocycles. The highest BCUT2D eigenvalue weighted by Gasteiger charge is 2.33. The summed E-state index contributed by atoms with van der Waals surface area (Å²) in [6, 6.07) is 3.91. The lowest BCUT2D eigenvalue weighted by molar-refractivity contribution is 0.453. The first-order chi connectivity index (χ1) is 8.45. The van der Waals surface area contributed by atoms with Crippen molar-refractivity contribution in [1.29, 1.82) is 0 Å². The van der Waals surface area contributed by atoms with E-state index in [1.54, 1.807) is 0 Å². The number of sulfonamides is 1. The average Bonchev–Trinajstić information content (AvgIpc) is 2.81.